The smallest absolute Gasteiger partial charge is 0.00199 e. The summed E-state index contributed by atoms with van der Waals surface area (Å²) in [6.07, 6.45) is 6.70. The van der Waals surface area contributed by atoms with E-state index in [1.54, 1.807) is 0 Å². The lowest BCUT2D eigenvalue weighted by atomic mass is 9.87. The maximum Gasteiger partial charge on any atom is -0.00199 e. The fourth-order valence-electron chi connectivity index (χ4n) is 7.21. The highest BCUT2D eigenvalue weighted by atomic mass is 14.3. The Kier molecular flexibility index (Phi) is 4.08. The molecule has 2 aliphatic carbocycles. The monoisotopic (exact) mass is 492 g/mol. The molecule has 0 aliphatic heterocycles. The molecule has 0 atom stereocenters. The first-order valence-corrected chi connectivity index (χ1v) is 13.7. The Morgan fingerprint density at radius 1 is 0.462 bits per heavy atom. The summed E-state index contributed by atoms with van der Waals surface area (Å²) in [7, 11) is 0. The van der Waals surface area contributed by atoms with Crippen LogP contribution in [0.1, 0.15) is 18.1 Å². The van der Waals surface area contributed by atoms with Crippen molar-refractivity contribution in [3.63, 3.8) is 0 Å². The summed E-state index contributed by atoms with van der Waals surface area (Å²) in [5.74, 6) is 0. The molecule has 0 unspecified atom stereocenters. The molecule has 0 aromatic heterocycles. The molecule has 0 N–H and O–H groups in total. The molecule has 0 spiro atoms. The Bertz CT molecular complexity index is 2270. The lowest BCUT2D eigenvalue weighted by Gasteiger charge is -2.16. The maximum atomic E-state index is 2.45. The zero-order valence-electron chi connectivity index (χ0n) is 21.6. The minimum atomic E-state index is 1.27. The minimum absolute atomic E-state index is 1.27. The molecule has 0 nitrogen and oxygen atoms in total. The van der Waals surface area contributed by atoms with Gasteiger partial charge < -0.3 is 0 Å². The van der Waals surface area contributed by atoms with Crippen molar-refractivity contribution in [1.82, 2.24) is 0 Å². The molecule has 0 heteroatoms. The van der Waals surface area contributed by atoms with Crippen LogP contribution in [0.5, 0.6) is 0 Å². The van der Waals surface area contributed by atoms with E-state index in [4.69, 9.17) is 0 Å². The van der Waals surface area contributed by atoms with Gasteiger partial charge in [-0.3, -0.25) is 0 Å². The fourth-order valence-corrected chi connectivity index (χ4v) is 7.21. The number of hydrogen-bond acceptors (Lipinski definition) is 0. The van der Waals surface area contributed by atoms with Gasteiger partial charge >= 0.3 is 0 Å². The Labute approximate surface area is 227 Å². The zero-order chi connectivity index (χ0) is 25.7. The van der Waals surface area contributed by atoms with Crippen molar-refractivity contribution in [3.8, 4) is 33.4 Å². The van der Waals surface area contributed by atoms with E-state index in [0.717, 1.165) is 0 Å². The van der Waals surface area contributed by atoms with Gasteiger partial charge in [0.05, 0.1) is 0 Å². The van der Waals surface area contributed by atoms with Crippen molar-refractivity contribution >= 4 is 54.7 Å². The molecule has 2 aliphatic rings. The van der Waals surface area contributed by atoms with Crippen LogP contribution in [0.2, 0.25) is 0 Å². The topological polar surface area (TPSA) is 0 Å². The molecule has 39 heavy (non-hydrogen) atoms. The van der Waals surface area contributed by atoms with Gasteiger partial charge in [0.15, 0.2) is 0 Å². The average Bonchev–Trinajstić information content (AvgIpc) is 3.50. The summed E-state index contributed by atoms with van der Waals surface area (Å²) >= 11 is 0. The van der Waals surface area contributed by atoms with E-state index in [-0.39, 0.29) is 0 Å². The summed E-state index contributed by atoms with van der Waals surface area (Å²) in [6, 6.07) is 41.0. The second kappa shape index (κ2) is 7.56. The van der Waals surface area contributed by atoms with Crippen LogP contribution in [0, 0.1) is 0 Å². The van der Waals surface area contributed by atoms with E-state index >= 15 is 0 Å². The standard InChI is InChI=1S/C39H24/c1-2-9-23-18-24-10-7-11-25-19-26(20-34(23)38(24)25)33-21-36-32-17-8-16-31-27-12-3-6-15-30(27)37(39(31)32)22-35(36)29-14-5-4-13-28(29)33/h2-22H,1H3/b9-2-. The van der Waals surface area contributed by atoms with Gasteiger partial charge in [0.2, 0.25) is 0 Å². The lowest BCUT2D eigenvalue weighted by Crippen LogP contribution is -1.89. The first-order chi connectivity index (χ1) is 19.3. The van der Waals surface area contributed by atoms with E-state index in [0.29, 0.717) is 0 Å². The van der Waals surface area contributed by atoms with Crippen LogP contribution in [0.15, 0.2) is 121 Å². The quantitative estimate of drug-likeness (QED) is 0.211. The van der Waals surface area contributed by atoms with E-state index < -0.39 is 0 Å². The van der Waals surface area contributed by atoms with E-state index in [1.807, 2.05) is 0 Å². The molecule has 0 bridgehead atoms. The second-order valence-corrected chi connectivity index (χ2v) is 10.8. The molecule has 0 saturated carbocycles. The van der Waals surface area contributed by atoms with Crippen LogP contribution in [0.3, 0.4) is 0 Å². The predicted molar refractivity (Wildman–Crippen MR) is 169 cm³/mol. The van der Waals surface area contributed by atoms with Crippen molar-refractivity contribution in [2.24, 2.45) is 0 Å². The average molecular weight is 493 g/mol. The predicted octanol–water partition coefficient (Wildman–Crippen LogP) is 11.0. The SMILES string of the molecule is C/C=C\C1=Cc2cccc3cc(-c4cc5c6cccc7c6c(cc5c5ccccc45)-c4ccccc4-7)cc1c23. The molecule has 0 amide bonds. The summed E-state index contributed by atoms with van der Waals surface area (Å²) in [4.78, 5) is 0. The van der Waals surface area contributed by atoms with E-state index in [9.17, 15) is 0 Å². The molecular weight excluding hydrogens is 468 g/mol. The van der Waals surface area contributed by atoms with Gasteiger partial charge in [0.1, 0.15) is 0 Å². The maximum absolute atomic E-state index is 2.45. The number of hydrogen-bond donors (Lipinski definition) is 0. The van der Waals surface area contributed by atoms with Crippen molar-refractivity contribution in [1.29, 1.82) is 0 Å². The molecule has 9 rings (SSSR count). The fraction of sp³-hybridized carbons (Fsp3) is 0.0256. The number of fused-ring (bicyclic) bond motifs is 7. The Morgan fingerprint density at radius 3 is 2.03 bits per heavy atom. The molecule has 7 aromatic rings. The van der Waals surface area contributed by atoms with Gasteiger partial charge in [-0.1, -0.05) is 97.1 Å². The molecule has 7 aromatic carbocycles. The van der Waals surface area contributed by atoms with Crippen LogP contribution in [-0.4, -0.2) is 0 Å². The van der Waals surface area contributed by atoms with Gasteiger partial charge in [-0.05, 0) is 130 Å². The summed E-state index contributed by atoms with van der Waals surface area (Å²) in [5, 5.41) is 10.7. The first kappa shape index (κ1) is 21.0. The largest absolute Gasteiger partial charge is 0.0870 e. The highest BCUT2D eigenvalue weighted by Crippen LogP contribution is 2.51. The Hall–Kier alpha value is -4.94. The third kappa shape index (κ3) is 2.73. The van der Waals surface area contributed by atoms with Gasteiger partial charge in [-0.15, -0.1) is 0 Å². The van der Waals surface area contributed by atoms with Crippen LogP contribution in [0.4, 0.5) is 0 Å². The summed E-state index contributed by atoms with van der Waals surface area (Å²) in [6.45, 7) is 2.10. The molecule has 0 heterocycles. The van der Waals surface area contributed by atoms with Gasteiger partial charge in [0, 0.05) is 0 Å². The van der Waals surface area contributed by atoms with Gasteiger partial charge in [-0.25, -0.2) is 0 Å². The molecular formula is C39H24. The van der Waals surface area contributed by atoms with Gasteiger partial charge in [-0.2, -0.15) is 0 Å². The molecule has 180 valence electrons. The highest BCUT2D eigenvalue weighted by Gasteiger charge is 2.24. The zero-order valence-corrected chi connectivity index (χ0v) is 21.6. The Balaban J connectivity index is 1.42. The second-order valence-electron chi connectivity index (χ2n) is 10.8. The van der Waals surface area contributed by atoms with Crippen LogP contribution < -0.4 is 0 Å². The van der Waals surface area contributed by atoms with Crippen LogP contribution >= 0.6 is 0 Å². The number of rotatable bonds is 2. The van der Waals surface area contributed by atoms with Crippen LogP contribution in [-0.2, 0) is 0 Å². The third-order valence-corrected chi connectivity index (χ3v) is 8.79. The molecule has 0 fully saturated rings. The normalized spacial score (nSPS) is 13.3. The van der Waals surface area contributed by atoms with Crippen molar-refractivity contribution in [2.75, 3.05) is 0 Å². The first-order valence-electron chi connectivity index (χ1n) is 13.7. The van der Waals surface area contributed by atoms with Crippen molar-refractivity contribution in [2.45, 2.75) is 6.92 Å². The number of allylic oxidation sites excluding steroid dienone is 3. The third-order valence-electron chi connectivity index (χ3n) is 8.79. The molecule has 0 saturated heterocycles. The van der Waals surface area contributed by atoms with Gasteiger partial charge in [0.25, 0.3) is 0 Å². The molecule has 0 radical (unpaired) electrons. The van der Waals surface area contributed by atoms with Crippen molar-refractivity contribution in [3.05, 3.63) is 132 Å². The minimum Gasteiger partial charge on any atom is -0.0870 e. The summed E-state index contributed by atoms with van der Waals surface area (Å²) < 4.78 is 0. The van der Waals surface area contributed by atoms with Crippen molar-refractivity contribution < 1.29 is 0 Å². The Morgan fingerprint density at radius 2 is 1.15 bits per heavy atom. The van der Waals surface area contributed by atoms with E-state index in [1.165, 1.54) is 93.2 Å². The lowest BCUT2D eigenvalue weighted by molar-refractivity contribution is 1.66. The highest BCUT2D eigenvalue weighted by molar-refractivity contribution is 6.28. The van der Waals surface area contributed by atoms with Crippen LogP contribution in [0.25, 0.3) is 88.1 Å². The number of benzene rings is 7. The summed E-state index contributed by atoms with van der Waals surface area (Å²) in [5.41, 5.74) is 11.9. The van der Waals surface area contributed by atoms with E-state index in [2.05, 4.69) is 134 Å².